The van der Waals surface area contributed by atoms with Crippen molar-refractivity contribution in [3.63, 3.8) is 0 Å². The molecule has 0 bridgehead atoms. The van der Waals surface area contributed by atoms with Gasteiger partial charge in [-0.05, 0) is 18.6 Å². The van der Waals surface area contributed by atoms with Crippen molar-refractivity contribution >= 4 is 28.8 Å². The Morgan fingerprint density at radius 3 is 2.67 bits per heavy atom. The Labute approximate surface area is 229 Å². The summed E-state index contributed by atoms with van der Waals surface area (Å²) in [5.41, 5.74) is 0.953. The standard InChI is InChI=1S/C27H31F2N7O4/c1-33-15-18(12-23(33)37)26(38)35-7-6-17(14-35)16-40-22-13-21(31-27(32-22)34-8-10-39-11-9-34)36-20-5-3-2-4-19(20)30-25(36)24(28)29/h2-5,13,17-18,24H,6-12,14-16H2,1H3/t17-,18?/m0/s1. The van der Waals surface area contributed by atoms with Crippen molar-refractivity contribution in [2.45, 2.75) is 19.3 Å². The number of likely N-dealkylation sites (tertiary alicyclic amines) is 2. The lowest BCUT2D eigenvalue weighted by molar-refractivity contribution is -0.135. The van der Waals surface area contributed by atoms with Crippen molar-refractivity contribution < 1.29 is 27.8 Å². The van der Waals surface area contributed by atoms with Crippen LogP contribution in [0.3, 0.4) is 0 Å². The van der Waals surface area contributed by atoms with Crippen molar-refractivity contribution in [2.24, 2.45) is 11.8 Å². The number of carbonyl (C=O) groups is 2. The number of nitrogens with zero attached hydrogens (tertiary/aromatic N) is 7. The van der Waals surface area contributed by atoms with Gasteiger partial charge < -0.3 is 24.2 Å². The first kappa shape index (κ1) is 26.4. The molecule has 3 aromatic rings. The number of ether oxygens (including phenoxy) is 2. The zero-order valence-corrected chi connectivity index (χ0v) is 22.2. The second-order valence-electron chi connectivity index (χ2n) is 10.5. The third-order valence-corrected chi connectivity index (χ3v) is 7.74. The Bertz CT molecular complexity index is 1410. The number of anilines is 1. The molecule has 11 nitrogen and oxygen atoms in total. The van der Waals surface area contributed by atoms with Gasteiger partial charge in [-0.25, -0.2) is 13.8 Å². The van der Waals surface area contributed by atoms with Crippen LogP contribution >= 0.6 is 0 Å². The molecular weight excluding hydrogens is 524 g/mol. The Kier molecular flexibility index (Phi) is 7.22. The van der Waals surface area contributed by atoms with Gasteiger partial charge in [-0.1, -0.05) is 12.1 Å². The molecule has 0 spiro atoms. The zero-order valence-electron chi connectivity index (χ0n) is 22.2. The van der Waals surface area contributed by atoms with Crippen molar-refractivity contribution in [3.05, 3.63) is 36.2 Å². The number of aromatic nitrogens is 4. The molecule has 2 amide bonds. The van der Waals surface area contributed by atoms with E-state index in [-0.39, 0.29) is 41.8 Å². The summed E-state index contributed by atoms with van der Waals surface area (Å²) in [7, 11) is 1.72. The molecule has 2 aromatic heterocycles. The summed E-state index contributed by atoms with van der Waals surface area (Å²) in [5, 5.41) is 0. The second kappa shape index (κ2) is 11.0. The number of amides is 2. The summed E-state index contributed by atoms with van der Waals surface area (Å²) >= 11 is 0. The lowest BCUT2D eigenvalue weighted by Gasteiger charge is -2.27. The van der Waals surface area contributed by atoms with Gasteiger partial charge in [-0.2, -0.15) is 9.97 Å². The fourth-order valence-corrected chi connectivity index (χ4v) is 5.59. The van der Waals surface area contributed by atoms with E-state index in [1.54, 1.807) is 42.3 Å². The van der Waals surface area contributed by atoms with Gasteiger partial charge in [0.1, 0.15) is 5.82 Å². The molecule has 3 aliphatic heterocycles. The molecular formula is C27H31F2N7O4. The Balaban J connectivity index is 1.24. The topological polar surface area (TPSA) is 106 Å². The van der Waals surface area contributed by atoms with Crippen molar-refractivity contribution in [1.29, 1.82) is 0 Å². The van der Waals surface area contributed by atoms with E-state index in [9.17, 15) is 18.4 Å². The molecule has 212 valence electrons. The number of carbonyl (C=O) groups excluding carboxylic acids is 2. The molecule has 3 fully saturated rings. The highest BCUT2D eigenvalue weighted by Gasteiger charge is 2.37. The summed E-state index contributed by atoms with van der Waals surface area (Å²) in [6, 6.07) is 8.49. The minimum absolute atomic E-state index is 0.00522. The quantitative estimate of drug-likeness (QED) is 0.437. The van der Waals surface area contributed by atoms with Crippen LogP contribution in [0.2, 0.25) is 0 Å². The molecule has 3 aliphatic rings. The molecule has 0 saturated carbocycles. The third-order valence-electron chi connectivity index (χ3n) is 7.74. The molecule has 2 atom stereocenters. The van der Waals surface area contributed by atoms with Gasteiger partial charge in [-0.3, -0.25) is 14.2 Å². The molecule has 0 aliphatic carbocycles. The smallest absolute Gasteiger partial charge is 0.296 e. The Hall–Kier alpha value is -3.87. The number of fused-ring (bicyclic) bond motifs is 1. The zero-order chi connectivity index (χ0) is 27.8. The molecule has 13 heteroatoms. The van der Waals surface area contributed by atoms with E-state index >= 15 is 0 Å². The number of halogens is 2. The molecule has 3 saturated heterocycles. The van der Waals surface area contributed by atoms with Gasteiger partial charge in [0.25, 0.3) is 6.43 Å². The molecule has 5 heterocycles. The summed E-state index contributed by atoms with van der Waals surface area (Å²) in [5.74, 6) is 0.249. The van der Waals surface area contributed by atoms with Crippen molar-refractivity contribution in [2.75, 3.05) is 64.5 Å². The normalized spacial score (nSPS) is 21.7. The van der Waals surface area contributed by atoms with Crippen LogP contribution in [0.1, 0.15) is 25.1 Å². The average molecular weight is 556 g/mol. The number of hydrogen-bond acceptors (Lipinski definition) is 8. The lowest BCUT2D eigenvalue weighted by Crippen LogP contribution is -2.37. The predicted octanol–water partition coefficient (Wildman–Crippen LogP) is 2.30. The minimum Gasteiger partial charge on any atom is -0.477 e. The van der Waals surface area contributed by atoms with Gasteiger partial charge in [0.05, 0.1) is 36.8 Å². The van der Waals surface area contributed by atoms with Crippen LogP contribution in [-0.4, -0.2) is 101 Å². The predicted molar refractivity (Wildman–Crippen MR) is 141 cm³/mol. The van der Waals surface area contributed by atoms with E-state index < -0.39 is 12.2 Å². The maximum absolute atomic E-state index is 14.1. The highest BCUT2D eigenvalue weighted by Crippen LogP contribution is 2.30. The number of morpholine rings is 1. The van der Waals surface area contributed by atoms with Crippen molar-refractivity contribution in [3.8, 4) is 11.7 Å². The van der Waals surface area contributed by atoms with E-state index in [0.717, 1.165) is 6.42 Å². The summed E-state index contributed by atoms with van der Waals surface area (Å²) in [6.45, 7) is 4.03. The first-order valence-corrected chi connectivity index (χ1v) is 13.5. The first-order valence-electron chi connectivity index (χ1n) is 13.5. The van der Waals surface area contributed by atoms with Crippen LogP contribution in [-0.2, 0) is 14.3 Å². The van der Waals surface area contributed by atoms with Crippen LogP contribution in [0, 0.1) is 11.8 Å². The average Bonchev–Trinajstić information content (AvgIpc) is 3.69. The maximum Gasteiger partial charge on any atom is 0.296 e. The number of para-hydroxylation sites is 2. The van der Waals surface area contributed by atoms with E-state index in [1.807, 2.05) is 9.80 Å². The van der Waals surface area contributed by atoms with E-state index in [4.69, 9.17) is 9.47 Å². The lowest BCUT2D eigenvalue weighted by atomic mass is 10.1. The number of imidazole rings is 1. The Morgan fingerprint density at radius 1 is 1.12 bits per heavy atom. The molecule has 6 rings (SSSR count). The summed E-state index contributed by atoms with van der Waals surface area (Å²) in [6.07, 6.45) is -1.79. The summed E-state index contributed by atoms with van der Waals surface area (Å²) < 4.78 is 41.1. The number of alkyl halides is 2. The maximum atomic E-state index is 14.1. The van der Waals surface area contributed by atoms with Crippen LogP contribution < -0.4 is 9.64 Å². The molecule has 0 N–H and O–H groups in total. The van der Waals surface area contributed by atoms with Crippen molar-refractivity contribution in [1.82, 2.24) is 29.3 Å². The Morgan fingerprint density at radius 2 is 1.93 bits per heavy atom. The molecule has 40 heavy (non-hydrogen) atoms. The summed E-state index contributed by atoms with van der Waals surface area (Å²) in [4.78, 5) is 43.6. The monoisotopic (exact) mass is 555 g/mol. The number of rotatable bonds is 7. The number of benzene rings is 1. The molecule has 1 aromatic carbocycles. The van der Waals surface area contributed by atoms with Gasteiger partial charge >= 0.3 is 0 Å². The van der Waals surface area contributed by atoms with Crippen LogP contribution in [0.25, 0.3) is 16.9 Å². The van der Waals surface area contributed by atoms with E-state index in [2.05, 4.69) is 15.0 Å². The molecule has 0 radical (unpaired) electrons. The number of hydrogen-bond donors (Lipinski definition) is 0. The first-order chi connectivity index (χ1) is 19.4. The van der Waals surface area contributed by atoms with Crippen LogP contribution in [0.15, 0.2) is 30.3 Å². The van der Waals surface area contributed by atoms with E-state index in [0.29, 0.717) is 69.5 Å². The van der Waals surface area contributed by atoms with Gasteiger partial charge in [-0.15, -0.1) is 0 Å². The van der Waals surface area contributed by atoms with Gasteiger partial charge in [0, 0.05) is 58.2 Å². The SMILES string of the molecule is CN1CC(C(=O)N2CC[C@H](COc3cc(-n4c(C(F)F)nc5ccccc54)nc(N4CCOCC4)n3)C2)CC1=O. The third kappa shape index (κ3) is 5.17. The van der Waals surface area contributed by atoms with Gasteiger partial charge in [0.2, 0.25) is 23.6 Å². The minimum atomic E-state index is -2.81. The van der Waals surface area contributed by atoms with Crippen LogP contribution in [0.5, 0.6) is 5.88 Å². The largest absolute Gasteiger partial charge is 0.477 e. The highest BCUT2D eigenvalue weighted by atomic mass is 19.3. The highest BCUT2D eigenvalue weighted by molar-refractivity contribution is 5.89. The van der Waals surface area contributed by atoms with E-state index in [1.165, 1.54) is 4.57 Å². The second-order valence-corrected chi connectivity index (χ2v) is 10.5. The molecule has 1 unspecified atom stereocenters. The van der Waals surface area contributed by atoms with Gasteiger partial charge in [0.15, 0.2) is 5.82 Å². The van der Waals surface area contributed by atoms with Crippen LogP contribution in [0.4, 0.5) is 14.7 Å². The fourth-order valence-electron chi connectivity index (χ4n) is 5.59. The fraction of sp³-hybridized carbons (Fsp3) is 0.519.